The average molecular weight is 215 g/mol. The predicted molar refractivity (Wildman–Crippen MR) is 67.2 cm³/mol. The van der Waals surface area contributed by atoms with Gasteiger partial charge in [-0.05, 0) is 42.9 Å². The van der Waals surface area contributed by atoms with Gasteiger partial charge in [0.05, 0.1) is 0 Å². The monoisotopic (exact) mass is 214 g/mol. The van der Waals surface area contributed by atoms with Crippen molar-refractivity contribution in [3.05, 3.63) is 26.0 Å². The van der Waals surface area contributed by atoms with E-state index in [0.29, 0.717) is 0 Å². The first-order valence-corrected chi connectivity index (χ1v) is 6.06. The molecule has 15 heavy (non-hydrogen) atoms. The molecule has 0 unspecified atom stereocenters. The third-order valence-electron chi connectivity index (χ3n) is 4.52. The number of fused-ring (bicyclic) bond motifs is 5. The van der Waals surface area contributed by atoms with Gasteiger partial charge in [0.2, 0.25) is 0 Å². The zero-order chi connectivity index (χ0) is 10.1. The Morgan fingerprint density at radius 2 is 1.93 bits per heavy atom. The molecule has 0 aliphatic heterocycles. The molecule has 0 heterocycles. The van der Waals surface area contributed by atoms with Crippen LogP contribution in [0.15, 0.2) is 12.2 Å². The van der Waals surface area contributed by atoms with Crippen molar-refractivity contribution < 1.29 is 0 Å². The molecule has 0 aromatic heterocycles. The van der Waals surface area contributed by atoms with Crippen molar-refractivity contribution in [1.82, 2.24) is 0 Å². The molecule has 2 fully saturated rings. The number of hydrogen-bond acceptors (Lipinski definition) is 0. The van der Waals surface area contributed by atoms with E-state index in [4.69, 9.17) is 0 Å². The molecule has 0 saturated heterocycles. The van der Waals surface area contributed by atoms with Crippen molar-refractivity contribution >= 4 is 23.1 Å². The molecule has 1 heteroatoms. The minimum atomic E-state index is 0. The van der Waals surface area contributed by atoms with Crippen molar-refractivity contribution in [2.45, 2.75) is 32.6 Å². The summed E-state index contributed by atoms with van der Waals surface area (Å²) >= 11 is 0. The summed E-state index contributed by atoms with van der Waals surface area (Å²) in [6, 6.07) is 0. The van der Waals surface area contributed by atoms with Crippen LogP contribution in [-0.4, -0.2) is 23.1 Å². The van der Waals surface area contributed by atoms with Crippen molar-refractivity contribution in [3.63, 3.8) is 0 Å². The number of hydrogen-bond donors (Lipinski definition) is 0. The van der Waals surface area contributed by atoms with Gasteiger partial charge in [0.25, 0.3) is 0 Å². The normalized spacial score (nSPS) is 44.3. The molecule has 0 nitrogen and oxygen atoms in total. The Morgan fingerprint density at radius 1 is 1.20 bits per heavy atom. The van der Waals surface area contributed by atoms with Gasteiger partial charge in [0.1, 0.15) is 0 Å². The van der Waals surface area contributed by atoms with Crippen LogP contribution in [0.2, 0.25) is 0 Å². The summed E-state index contributed by atoms with van der Waals surface area (Å²) in [6.07, 6.45) is 10.5. The first-order valence-electron chi connectivity index (χ1n) is 6.06. The van der Waals surface area contributed by atoms with E-state index in [9.17, 15) is 0 Å². The van der Waals surface area contributed by atoms with E-state index in [1.807, 2.05) is 0 Å². The fourth-order valence-corrected chi connectivity index (χ4v) is 4.01. The molecule has 0 N–H and O–H groups in total. The molecule has 0 aromatic carbocycles. The topological polar surface area (TPSA) is 0 Å². The molecule has 3 rings (SSSR count). The van der Waals surface area contributed by atoms with Gasteiger partial charge >= 0.3 is 23.1 Å². The Kier molecular flexibility index (Phi) is 5.18. The SMILES string of the molecule is [CH2-]C.[CH2-]C[C@H]1C[C@H]2C[C@@H]1[C@H]1C=CC[C@@H]21.[Mg+2]. The summed E-state index contributed by atoms with van der Waals surface area (Å²) in [5, 5.41) is 0. The molecule has 0 spiro atoms. The van der Waals surface area contributed by atoms with Crippen LogP contribution in [0, 0.1) is 43.4 Å². The Hall–Kier alpha value is 0.506. The Bertz CT molecular complexity index is 221. The molecule has 5 atom stereocenters. The van der Waals surface area contributed by atoms with E-state index in [1.54, 1.807) is 6.92 Å². The smallest absolute Gasteiger partial charge is 0.346 e. The molecular weight excluding hydrogens is 192 g/mol. The fraction of sp³-hybridized carbons (Fsp3) is 0.714. The van der Waals surface area contributed by atoms with Gasteiger partial charge in [-0.2, -0.15) is 13.3 Å². The van der Waals surface area contributed by atoms with Crippen LogP contribution in [0.5, 0.6) is 0 Å². The molecular formula is C14H22Mg. The van der Waals surface area contributed by atoms with E-state index >= 15 is 0 Å². The first kappa shape index (κ1) is 13.6. The van der Waals surface area contributed by atoms with Crippen LogP contribution >= 0.6 is 0 Å². The van der Waals surface area contributed by atoms with Crippen molar-refractivity contribution in [3.8, 4) is 0 Å². The number of allylic oxidation sites excluding steroid dienone is 2. The van der Waals surface area contributed by atoms with Crippen LogP contribution in [0.4, 0.5) is 0 Å². The van der Waals surface area contributed by atoms with Crippen molar-refractivity contribution in [1.29, 1.82) is 0 Å². The average Bonchev–Trinajstić information content (AvgIpc) is 2.92. The standard InChI is InChI=1S/C12H17.C2H5.Mg/c1-2-8-6-9-7-12(8)11-5-3-4-10(9)11;1-2;/h3,5,8-12H,1-2,4,6-7H2;1H2,2H3;/q2*-1;+2/t8-,9-,10-,11-,12-;;/m0../s1. The second-order valence-corrected chi connectivity index (χ2v) is 4.85. The Labute approximate surface area is 111 Å². The number of rotatable bonds is 1. The minimum absolute atomic E-state index is 0. The Morgan fingerprint density at radius 3 is 2.60 bits per heavy atom. The van der Waals surface area contributed by atoms with E-state index in [2.05, 4.69) is 26.0 Å². The molecule has 2 bridgehead atoms. The maximum atomic E-state index is 4.08. The maximum absolute atomic E-state index is 4.08. The summed E-state index contributed by atoms with van der Waals surface area (Å²) in [5.41, 5.74) is 0. The van der Waals surface area contributed by atoms with Crippen molar-refractivity contribution in [2.24, 2.45) is 29.6 Å². The molecule has 0 amide bonds. The third-order valence-corrected chi connectivity index (χ3v) is 4.52. The minimum Gasteiger partial charge on any atom is -0.346 e. The first-order chi connectivity index (χ1) is 6.90. The fourth-order valence-electron chi connectivity index (χ4n) is 4.01. The second-order valence-electron chi connectivity index (χ2n) is 4.85. The summed E-state index contributed by atoms with van der Waals surface area (Å²) < 4.78 is 0. The van der Waals surface area contributed by atoms with Crippen LogP contribution in [-0.2, 0) is 0 Å². The molecule has 0 radical (unpaired) electrons. The third kappa shape index (κ3) is 2.15. The van der Waals surface area contributed by atoms with Gasteiger partial charge in [-0.15, -0.1) is 0 Å². The summed E-state index contributed by atoms with van der Waals surface area (Å²) in [6.45, 7) is 9.08. The quantitative estimate of drug-likeness (QED) is 0.356. The molecule has 3 aliphatic rings. The van der Waals surface area contributed by atoms with Crippen LogP contribution in [0.25, 0.3) is 0 Å². The predicted octanol–water partition coefficient (Wildman–Crippen LogP) is 3.52. The van der Waals surface area contributed by atoms with Gasteiger partial charge in [-0.25, -0.2) is 0 Å². The van der Waals surface area contributed by atoms with Crippen molar-refractivity contribution in [2.75, 3.05) is 0 Å². The van der Waals surface area contributed by atoms with Gasteiger partial charge in [0.15, 0.2) is 0 Å². The van der Waals surface area contributed by atoms with Gasteiger partial charge in [-0.1, -0.05) is 18.1 Å². The largest absolute Gasteiger partial charge is 2.00 e. The van der Waals surface area contributed by atoms with E-state index < -0.39 is 0 Å². The van der Waals surface area contributed by atoms with E-state index in [0.717, 1.165) is 29.6 Å². The summed E-state index contributed by atoms with van der Waals surface area (Å²) in [4.78, 5) is 0. The summed E-state index contributed by atoms with van der Waals surface area (Å²) in [7, 11) is 0. The molecule has 2 saturated carbocycles. The van der Waals surface area contributed by atoms with Gasteiger partial charge in [-0.3, -0.25) is 0 Å². The molecule has 3 aliphatic carbocycles. The van der Waals surface area contributed by atoms with E-state index in [-0.39, 0.29) is 23.1 Å². The maximum Gasteiger partial charge on any atom is 2.00 e. The zero-order valence-corrected chi connectivity index (χ0v) is 11.4. The second kappa shape index (κ2) is 5.72. The molecule has 0 aromatic rings. The van der Waals surface area contributed by atoms with Gasteiger partial charge < -0.3 is 13.8 Å². The van der Waals surface area contributed by atoms with E-state index in [1.165, 1.54) is 25.7 Å². The Balaban J connectivity index is 0.000000356. The van der Waals surface area contributed by atoms with Crippen LogP contribution in [0.1, 0.15) is 32.6 Å². The van der Waals surface area contributed by atoms with Crippen LogP contribution in [0.3, 0.4) is 0 Å². The van der Waals surface area contributed by atoms with Gasteiger partial charge in [0, 0.05) is 0 Å². The zero-order valence-electron chi connectivity index (χ0n) is 9.99. The molecule has 80 valence electrons. The summed E-state index contributed by atoms with van der Waals surface area (Å²) in [5.74, 6) is 5.09. The van der Waals surface area contributed by atoms with Crippen LogP contribution < -0.4 is 0 Å².